The molecule has 0 aliphatic carbocycles. The van der Waals surface area contributed by atoms with E-state index in [-0.39, 0.29) is 35.1 Å². The van der Waals surface area contributed by atoms with Gasteiger partial charge in [-0.1, -0.05) is 67.8 Å². The Bertz CT molecular complexity index is 475. The third-order valence-corrected chi connectivity index (χ3v) is 3.62. The van der Waals surface area contributed by atoms with Gasteiger partial charge in [0.25, 0.3) is 0 Å². The molecule has 2 aromatic rings. The number of ether oxygens (including phenoxy) is 2. The molecule has 0 spiro atoms. The average molecular weight is 321 g/mol. The first-order chi connectivity index (χ1) is 9.07. The van der Waals surface area contributed by atoms with E-state index in [1.807, 2.05) is 24.3 Å². The van der Waals surface area contributed by atoms with Crippen molar-refractivity contribution in [2.24, 2.45) is 0 Å². The monoisotopic (exact) mass is 320 g/mol. The van der Waals surface area contributed by atoms with Crippen molar-refractivity contribution >= 4 is 0 Å². The van der Waals surface area contributed by atoms with E-state index < -0.39 is 0 Å². The smallest absolute Gasteiger partial charge is 0.118 e. The van der Waals surface area contributed by atoms with E-state index >= 15 is 0 Å². The summed E-state index contributed by atoms with van der Waals surface area (Å²) in [6.45, 7) is 4.44. The maximum Gasteiger partial charge on any atom is 0.118 e. The van der Waals surface area contributed by atoms with Crippen molar-refractivity contribution < 1.29 is 9.47 Å². The van der Waals surface area contributed by atoms with Gasteiger partial charge in [-0.3, -0.25) is 0 Å². The minimum absolute atomic E-state index is 0. The number of hydrogen-bond donors (Lipinski definition) is 0. The molecular weight excluding hydrogens is 284 g/mol. The minimum atomic E-state index is -0.0431. The summed E-state index contributed by atoms with van der Waals surface area (Å²) in [7, 11) is 3.37. The van der Waals surface area contributed by atoms with Crippen LogP contribution in [0.5, 0.6) is 11.5 Å². The summed E-state index contributed by atoms with van der Waals surface area (Å²) in [4.78, 5) is 0. The van der Waals surface area contributed by atoms with E-state index in [2.05, 4.69) is 38.1 Å². The van der Waals surface area contributed by atoms with Crippen molar-refractivity contribution in [2.75, 3.05) is 14.2 Å². The fraction of sp³-hybridized carbons (Fsp3) is 0.429. The predicted octanol–water partition coefficient (Wildman–Crippen LogP) is 6.57. The van der Waals surface area contributed by atoms with Crippen LogP contribution in [0.3, 0.4) is 0 Å². The Labute approximate surface area is 144 Å². The lowest BCUT2D eigenvalue weighted by atomic mass is 9.78. The highest BCUT2D eigenvalue weighted by molar-refractivity contribution is 5.41. The Kier molecular flexibility index (Phi) is 12.1. The molecule has 0 heterocycles. The van der Waals surface area contributed by atoms with E-state index in [0.29, 0.717) is 0 Å². The van der Waals surface area contributed by atoms with Gasteiger partial charge in [-0.25, -0.2) is 0 Å². The number of benzene rings is 2. The Hall–Kier alpha value is -1.96. The first-order valence-electron chi connectivity index (χ1n) is 6.37. The van der Waals surface area contributed by atoms with Gasteiger partial charge in [-0.15, -0.1) is 0 Å². The van der Waals surface area contributed by atoms with E-state index in [4.69, 9.17) is 9.47 Å². The van der Waals surface area contributed by atoms with Crippen LogP contribution in [0, 0.1) is 0 Å². The summed E-state index contributed by atoms with van der Waals surface area (Å²) in [5.41, 5.74) is 2.48. The molecule has 0 saturated heterocycles. The van der Waals surface area contributed by atoms with Crippen LogP contribution in [0.15, 0.2) is 48.5 Å². The third kappa shape index (κ3) is 5.63. The van der Waals surface area contributed by atoms with E-state index in [0.717, 1.165) is 11.5 Å². The highest BCUT2D eigenvalue weighted by Gasteiger charge is 2.22. The van der Waals surface area contributed by atoms with Gasteiger partial charge >= 0.3 is 0 Å². The molecule has 0 bridgehead atoms. The van der Waals surface area contributed by atoms with Crippen molar-refractivity contribution in [1.29, 1.82) is 0 Å². The van der Waals surface area contributed by atoms with Crippen LogP contribution in [-0.4, -0.2) is 14.2 Å². The first-order valence-corrected chi connectivity index (χ1v) is 6.37. The van der Waals surface area contributed by atoms with E-state index in [9.17, 15) is 0 Å². The number of methoxy groups -OCH3 is 2. The van der Waals surface area contributed by atoms with E-state index in [1.165, 1.54) is 11.1 Å². The Morgan fingerprint density at radius 3 is 1.04 bits per heavy atom. The van der Waals surface area contributed by atoms with Crippen LogP contribution in [0.4, 0.5) is 0 Å². The second-order valence-corrected chi connectivity index (χ2v) is 5.08. The average Bonchev–Trinajstić information content (AvgIpc) is 2.47. The normalized spacial score (nSPS) is 9.22. The zero-order chi connectivity index (χ0) is 13.9. The molecule has 0 fully saturated rings. The van der Waals surface area contributed by atoms with Crippen molar-refractivity contribution in [1.82, 2.24) is 0 Å². The van der Waals surface area contributed by atoms with Crippen LogP contribution >= 0.6 is 0 Å². The summed E-state index contributed by atoms with van der Waals surface area (Å²) in [5, 5.41) is 0. The molecule has 0 aliphatic heterocycles. The predicted molar refractivity (Wildman–Crippen MR) is 105 cm³/mol. The molecule has 0 N–H and O–H groups in total. The van der Waals surface area contributed by atoms with Gasteiger partial charge in [-0.2, -0.15) is 0 Å². The zero-order valence-corrected chi connectivity index (χ0v) is 11.9. The van der Waals surface area contributed by atoms with Gasteiger partial charge in [0.15, 0.2) is 0 Å². The van der Waals surface area contributed by atoms with Gasteiger partial charge in [0.2, 0.25) is 0 Å². The molecule has 0 amide bonds. The Morgan fingerprint density at radius 2 is 0.826 bits per heavy atom. The topological polar surface area (TPSA) is 18.5 Å². The number of hydrogen-bond acceptors (Lipinski definition) is 2. The van der Waals surface area contributed by atoms with Gasteiger partial charge in [-0.05, 0) is 35.4 Å². The second kappa shape index (κ2) is 10.7. The zero-order valence-electron chi connectivity index (χ0n) is 11.9. The molecule has 23 heavy (non-hydrogen) atoms. The molecule has 2 nitrogen and oxygen atoms in total. The summed E-state index contributed by atoms with van der Waals surface area (Å²) in [5.74, 6) is 1.77. The molecule has 0 atom stereocenters. The highest BCUT2D eigenvalue weighted by atomic mass is 16.5. The standard InChI is InChI=1S/C17H20O2.4CH4/c1-17(2,13-5-9-15(18-3)10-6-13)14-7-11-16(19-4)12-8-14;;;;/h5-12H,1-4H3;4*1H4. The van der Waals surface area contributed by atoms with Crippen LogP contribution in [0.1, 0.15) is 54.7 Å². The quantitative estimate of drug-likeness (QED) is 0.634. The van der Waals surface area contributed by atoms with Crippen molar-refractivity contribution in [3.05, 3.63) is 59.7 Å². The molecule has 0 aromatic heterocycles. The van der Waals surface area contributed by atoms with Gasteiger partial charge in [0.05, 0.1) is 14.2 Å². The van der Waals surface area contributed by atoms with Crippen molar-refractivity contribution in [3.63, 3.8) is 0 Å². The molecular formula is C21H36O2. The van der Waals surface area contributed by atoms with Crippen LogP contribution < -0.4 is 9.47 Å². The molecule has 2 rings (SSSR count). The molecule has 132 valence electrons. The lowest BCUT2D eigenvalue weighted by molar-refractivity contribution is 0.414. The highest BCUT2D eigenvalue weighted by Crippen LogP contribution is 2.33. The molecule has 0 radical (unpaired) electrons. The molecule has 2 heteroatoms. The minimum Gasteiger partial charge on any atom is -0.497 e. The second-order valence-electron chi connectivity index (χ2n) is 5.08. The van der Waals surface area contributed by atoms with Crippen LogP contribution in [-0.2, 0) is 5.41 Å². The molecule has 0 unspecified atom stereocenters. The molecule has 0 aliphatic rings. The maximum atomic E-state index is 5.20. The number of rotatable bonds is 4. The SMILES string of the molecule is C.C.C.C.COc1ccc(C(C)(C)c2ccc(OC)cc2)cc1. The van der Waals surface area contributed by atoms with Gasteiger partial charge in [0, 0.05) is 5.41 Å². The van der Waals surface area contributed by atoms with Gasteiger partial charge < -0.3 is 9.47 Å². The summed E-state index contributed by atoms with van der Waals surface area (Å²) in [6, 6.07) is 16.5. The Morgan fingerprint density at radius 1 is 0.565 bits per heavy atom. The lowest BCUT2D eigenvalue weighted by Crippen LogP contribution is -2.18. The fourth-order valence-corrected chi connectivity index (χ4v) is 2.18. The van der Waals surface area contributed by atoms with Crippen molar-refractivity contribution in [3.8, 4) is 11.5 Å². The molecule has 0 saturated carbocycles. The lowest BCUT2D eigenvalue weighted by Gasteiger charge is -2.26. The largest absolute Gasteiger partial charge is 0.497 e. The fourth-order valence-electron chi connectivity index (χ4n) is 2.18. The first kappa shape index (κ1) is 26.0. The van der Waals surface area contributed by atoms with Crippen LogP contribution in [0.2, 0.25) is 0 Å². The Balaban J connectivity index is -0.000001000. The summed E-state index contributed by atoms with van der Waals surface area (Å²) >= 11 is 0. The summed E-state index contributed by atoms with van der Waals surface area (Å²) < 4.78 is 10.4. The molecule has 2 aromatic carbocycles. The van der Waals surface area contributed by atoms with Crippen LogP contribution in [0.25, 0.3) is 0 Å². The summed E-state index contributed by atoms with van der Waals surface area (Å²) in [6.07, 6.45) is 0. The maximum absolute atomic E-state index is 5.20. The van der Waals surface area contributed by atoms with Gasteiger partial charge in [0.1, 0.15) is 11.5 Å². The van der Waals surface area contributed by atoms with Crippen molar-refractivity contribution in [2.45, 2.75) is 49.0 Å². The van der Waals surface area contributed by atoms with E-state index in [1.54, 1.807) is 14.2 Å². The third-order valence-electron chi connectivity index (χ3n) is 3.62.